The van der Waals surface area contributed by atoms with Crippen molar-refractivity contribution < 1.29 is 8.78 Å². The summed E-state index contributed by atoms with van der Waals surface area (Å²) in [5.74, 6) is 0.475. The molecule has 0 unspecified atom stereocenters. The molecule has 0 saturated heterocycles. The normalized spacial score (nSPS) is 10.3. The number of hydrogen-bond acceptors (Lipinski definition) is 2. The SMILES string of the molecule is CC.Cc1cnc(/C=C\C(=N)C(F)F)[nH]1. The van der Waals surface area contributed by atoms with Gasteiger partial charge in [-0.1, -0.05) is 13.8 Å². The molecule has 3 nitrogen and oxygen atoms in total. The highest BCUT2D eigenvalue weighted by atomic mass is 19.3. The van der Waals surface area contributed by atoms with Crippen LogP contribution in [0, 0.1) is 12.3 Å². The van der Waals surface area contributed by atoms with Gasteiger partial charge in [-0.3, -0.25) is 5.41 Å². The number of aromatic amines is 1. The second-order valence-electron chi connectivity index (χ2n) is 2.54. The number of H-pyrrole nitrogens is 1. The van der Waals surface area contributed by atoms with Gasteiger partial charge in [-0.2, -0.15) is 0 Å². The van der Waals surface area contributed by atoms with Crippen LogP contribution in [0.1, 0.15) is 25.4 Å². The Morgan fingerprint density at radius 3 is 2.53 bits per heavy atom. The maximum atomic E-state index is 11.8. The summed E-state index contributed by atoms with van der Waals surface area (Å²) < 4.78 is 23.7. The molecule has 0 amide bonds. The van der Waals surface area contributed by atoms with Crippen LogP contribution in [0.15, 0.2) is 12.3 Å². The molecule has 5 heteroatoms. The zero-order valence-corrected chi connectivity index (χ0v) is 9.01. The highest BCUT2D eigenvalue weighted by Gasteiger charge is 2.05. The number of imidazole rings is 1. The molecule has 0 aliphatic heterocycles. The minimum absolute atomic E-state index is 0.475. The van der Waals surface area contributed by atoms with E-state index in [1.165, 1.54) is 6.08 Å². The fourth-order valence-corrected chi connectivity index (χ4v) is 0.759. The Labute approximate surface area is 87.7 Å². The van der Waals surface area contributed by atoms with Crippen LogP contribution in [-0.2, 0) is 0 Å². The van der Waals surface area contributed by atoms with Crippen LogP contribution in [0.2, 0.25) is 0 Å². The Balaban J connectivity index is 0.000000921. The summed E-state index contributed by atoms with van der Waals surface area (Å²) in [6.07, 6.45) is 1.24. The standard InChI is InChI=1S/C8H9F2N3.C2H6/c1-5-4-12-7(13-5)3-2-6(11)8(9)10;1-2/h2-4,8,11H,1H3,(H,12,13);1-2H3/b3-2-,11-6?;. The minimum Gasteiger partial charge on any atom is -0.343 e. The van der Waals surface area contributed by atoms with Crippen LogP contribution in [-0.4, -0.2) is 22.1 Å². The van der Waals surface area contributed by atoms with E-state index in [-0.39, 0.29) is 0 Å². The molecule has 0 aliphatic rings. The molecule has 1 aromatic rings. The van der Waals surface area contributed by atoms with Crippen LogP contribution in [0.4, 0.5) is 8.78 Å². The van der Waals surface area contributed by atoms with Crippen LogP contribution in [0.25, 0.3) is 6.08 Å². The van der Waals surface area contributed by atoms with Gasteiger partial charge in [0.15, 0.2) is 0 Å². The summed E-state index contributed by atoms with van der Waals surface area (Å²) in [5.41, 5.74) is 0.136. The highest BCUT2D eigenvalue weighted by Crippen LogP contribution is 2.00. The van der Waals surface area contributed by atoms with Gasteiger partial charge in [-0.05, 0) is 19.1 Å². The number of alkyl halides is 2. The molecule has 1 rings (SSSR count). The van der Waals surface area contributed by atoms with E-state index in [1.807, 2.05) is 20.8 Å². The molecule has 0 atom stereocenters. The van der Waals surface area contributed by atoms with E-state index in [4.69, 9.17) is 5.41 Å². The summed E-state index contributed by atoms with van der Waals surface area (Å²) in [5, 5.41) is 6.82. The Morgan fingerprint density at radius 2 is 2.13 bits per heavy atom. The molecular weight excluding hydrogens is 200 g/mol. The number of halogens is 2. The lowest BCUT2D eigenvalue weighted by Gasteiger charge is -1.92. The fourth-order valence-electron chi connectivity index (χ4n) is 0.759. The molecule has 0 saturated carbocycles. The lowest BCUT2D eigenvalue weighted by Crippen LogP contribution is -2.03. The number of aryl methyl sites for hydroxylation is 1. The first-order valence-electron chi connectivity index (χ1n) is 4.66. The Hall–Kier alpha value is -1.52. The third-order valence-electron chi connectivity index (χ3n) is 1.38. The molecule has 0 aliphatic carbocycles. The van der Waals surface area contributed by atoms with Gasteiger partial charge in [0.1, 0.15) is 5.82 Å². The first-order valence-corrected chi connectivity index (χ1v) is 4.66. The van der Waals surface area contributed by atoms with Gasteiger partial charge in [-0.25, -0.2) is 13.8 Å². The maximum absolute atomic E-state index is 11.8. The van der Waals surface area contributed by atoms with Crippen molar-refractivity contribution in [2.24, 2.45) is 0 Å². The molecule has 15 heavy (non-hydrogen) atoms. The number of nitrogens with one attached hydrogen (secondary N) is 2. The molecule has 2 N–H and O–H groups in total. The predicted octanol–water partition coefficient (Wildman–Crippen LogP) is 3.04. The van der Waals surface area contributed by atoms with Gasteiger partial charge in [0.2, 0.25) is 0 Å². The molecule has 0 radical (unpaired) electrons. The van der Waals surface area contributed by atoms with E-state index in [9.17, 15) is 8.78 Å². The summed E-state index contributed by atoms with van der Waals surface area (Å²) in [6, 6.07) is 0. The van der Waals surface area contributed by atoms with Crippen molar-refractivity contribution in [3.05, 3.63) is 23.8 Å². The molecule has 0 bridgehead atoms. The number of hydrogen-bond donors (Lipinski definition) is 2. The van der Waals surface area contributed by atoms with Crippen LogP contribution < -0.4 is 0 Å². The molecule has 84 valence electrons. The highest BCUT2D eigenvalue weighted by molar-refractivity contribution is 5.97. The van der Waals surface area contributed by atoms with Crippen LogP contribution in [0.3, 0.4) is 0 Å². The number of nitrogens with zero attached hydrogens (tertiary/aromatic N) is 1. The average molecular weight is 215 g/mol. The second-order valence-corrected chi connectivity index (χ2v) is 2.54. The van der Waals surface area contributed by atoms with Crippen molar-refractivity contribution in [2.75, 3.05) is 0 Å². The fraction of sp³-hybridized carbons (Fsp3) is 0.400. The molecule has 1 aromatic heterocycles. The Morgan fingerprint density at radius 1 is 1.53 bits per heavy atom. The molecule has 1 heterocycles. The van der Waals surface area contributed by atoms with Crippen molar-refractivity contribution >= 4 is 11.8 Å². The Bertz CT molecular complexity index is 329. The predicted molar refractivity (Wildman–Crippen MR) is 57.4 cm³/mol. The van der Waals surface area contributed by atoms with E-state index in [0.29, 0.717) is 5.82 Å². The minimum atomic E-state index is -2.73. The van der Waals surface area contributed by atoms with E-state index in [0.717, 1.165) is 11.8 Å². The number of allylic oxidation sites excluding steroid dienone is 1. The zero-order valence-electron chi connectivity index (χ0n) is 9.01. The van der Waals surface area contributed by atoms with Gasteiger partial charge < -0.3 is 4.98 Å². The van der Waals surface area contributed by atoms with Crippen molar-refractivity contribution in [2.45, 2.75) is 27.2 Å². The summed E-state index contributed by atoms with van der Waals surface area (Å²) in [6.45, 7) is 5.81. The molecule has 0 aromatic carbocycles. The quantitative estimate of drug-likeness (QED) is 0.748. The van der Waals surface area contributed by atoms with Gasteiger partial charge in [-0.15, -0.1) is 0 Å². The molecular formula is C10H15F2N3. The van der Waals surface area contributed by atoms with Crippen LogP contribution in [0.5, 0.6) is 0 Å². The van der Waals surface area contributed by atoms with Crippen molar-refractivity contribution in [3.8, 4) is 0 Å². The van der Waals surface area contributed by atoms with E-state index in [1.54, 1.807) is 6.20 Å². The molecule has 0 spiro atoms. The topological polar surface area (TPSA) is 52.5 Å². The van der Waals surface area contributed by atoms with E-state index >= 15 is 0 Å². The number of rotatable bonds is 3. The van der Waals surface area contributed by atoms with Crippen LogP contribution >= 0.6 is 0 Å². The summed E-state index contributed by atoms with van der Waals surface area (Å²) >= 11 is 0. The maximum Gasteiger partial charge on any atom is 0.279 e. The first-order chi connectivity index (χ1) is 7.09. The van der Waals surface area contributed by atoms with Crippen molar-refractivity contribution in [1.82, 2.24) is 9.97 Å². The van der Waals surface area contributed by atoms with Crippen molar-refractivity contribution in [1.29, 1.82) is 5.41 Å². The lowest BCUT2D eigenvalue weighted by atomic mass is 10.3. The van der Waals surface area contributed by atoms with Gasteiger partial charge >= 0.3 is 0 Å². The first kappa shape index (κ1) is 13.5. The largest absolute Gasteiger partial charge is 0.343 e. The van der Waals surface area contributed by atoms with Gasteiger partial charge in [0, 0.05) is 11.9 Å². The Kier molecular flexibility index (Phi) is 6.17. The van der Waals surface area contributed by atoms with Crippen molar-refractivity contribution in [3.63, 3.8) is 0 Å². The second kappa shape index (κ2) is 6.86. The van der Waals surface area contributed by atoms with E-state index in [2.05, 4.69) is 9.97 Å². The summed E-state index contributed by atoms with van der Waals surface area (Å²) in [4.78, 5) is 6.69. The molecule has 0 fully saturated rings. The summed E-state index contributed by atoms with van der Waals surface area (Å²) in [7, 11) is 0. The lowest BCUT2D eigenvalue weighted by molar-refractivity contribution is 0.226. The monoisotopic (exact) mass is 215 g/mol. The smallest absolute Gasteiger partial charge is 0.279 e. The number of aromatic nitrogens is 2. The van der Waals surface area contributed by atoms with Gasteiger partial charge in [0.25, 0.3) is 6.43 Å². The zero-order chi connectivity index (χ0) is 11.8. The third kappa shape index (κ3) is 5.05. The third-order valence-corrected chi connectivity index (χ3v) is 1.38. The average Bonchev–Trinajstić information content (AvgIpc) is 2.63. The van der Waals surface area contributed by atoms with E-state index < -0.39 is 12.1 Å². The van der Waals surface area contributed by atoms with Gasteiger partial charge in [0.05, 0.1) is 5.71 Å².